The second-order valence-electron chi connectivity index (χ2n) is 4.03. The molecule has 0 aromatic rings. The molecule has 5 atom stereocenters. The number of rotatable bonds is 4. The zero-order chi connectivity index (χ0) is 12.3. The van der Waals surface area contributed by atoms with Gasteiger partial charge < -0.3 is 30.8 Å². The summed E-state index contributed by atoms with van der Waals surface area (Å²) in [5.74, 6) is -1.64. The van der Waals surface area contributed by atoms with Gasteiger partial charge in [-0.15, -0.1) is 0 Å². The summed E-state index contributed by atoms with van der Waals surface area (Å²) >= 11 is 0. The normalized spacial score (nSPS) is 39.6. The lowest BCUT2D eigenvalue weighted by Gasteiger charge is -2.40. The lowest BCUT2D eigenvalue weighted by Crippen LogP contribution is -2.59. The molecule has 1 saturated carbocycles. The summed E-state index contributed by atoms with van der Waals surface area (Å²) < 4.78 is 0. The molecule has 1 aliphatic rings. The second-order valence-corrected chi connectivity index (χ2v) is 4.03. The third-order valence-corrected chi connectivity index (χ3v) is 2.90. The number of aliphatic hydroxyl groups is 4. The largest absolute Gasteiger partial charge is 0.480 e. The summed E-state index contributed by atoms with van der Waals surface area (Å²) in [4.78, 5) is 10.3. The van der Waals surface area contributed by atoms with Gasteiger partial charge in [0, 0.05) is 18.6 Å². The van der Waals surface area contributed by atoms with Crippen molar-refractivity contribution in [2.75, 3.05) is 13.2 Å². The van der Waals surface area contributed by atoms with Crippen LogP contribution in [-0.2, 0) is 4.79 Å². The number of nitrogens with one attached hydrogen (secondary N) is 1. The minimum atomic E-state index is -1.38. The molecular formula is C9H17NO6. The first kappa shape index (κ1) is 13.3. The average molecular weight is 235 g/mol. The van der Waals surface area contributed by atoms with Crippen molar-refractivity contribution in [3.8, 4) is 0 Å². The van der Waals surface area contributed by atoms with Crippen molar-refractivity contribution in [2.24, 2.45) is 5.92 Å². The van der Waals surface area contributed by atoms with Crippen LogP contribution in [0.4, 0.5) is 0 Å². The zero-order valence-corrected chi connectivity index (χ0v) is 8.65. The Morgan fingerprint density at radius 2 is 1.81 bits per heavy atom. The van der Waals surface area contributed by atoms with Gasteiger partial charge in [0.1, 0.15) is 6.10 Å². The van der Waals surface area contributed by atoms with Crippen molar-refractivity contribution >= 4 is 5.97 Å². The topological polar surface area (TPSA) is 130 Å². The minimum absolute atomic E-state index is 0.211. The predicted octanol–water partition coefficient (Wildman–Crippen LogP) is -2.88. The van der Waals surface area contributed by atoms with Crippen LogP contribution in [0.5, 0.6) is 0 Å². The smallest absolute Gasteiger partial charge is 0.317 e. The number of hydrogen-bond acceptors (Lipinski definition) is 6. The summed E-state index contributed by atoms with van der Waals surface area (Å²) in [6, 6.07) is -0.647. The van der Waals surface area contributed by atoms with E-state index in [9.17, 15) is 20.1 Å². The number of aliphatic hydroxyl groups excluding tert-OH is 4. The molecule has 16 heavy (non-hydrogen) atoms. The first-order chi connectivity index (χ1) is 7.47. The Hall–Kier alpha value is -0.730. The fourth-order valence-corrected chi connectivity index (χ4v) is 1.93. The molecule has 1 aliphatic carbocycles. The van der Waals surface area contributed by atoms with Crippen molar-refractivity contribution in [3.63, 3.8) is 0 Å². The van der Waals surface area contributed by atoms with Gasteiger partial charge in [-0.2, -0.15) is 0 Å². The van der Waals surface area contributed by atoms with E-state index in [0.717, 1.165) is 0 Å². The van der Waals surface area contributed by atoms with Crippen molar-refractivity contribution in [1.82, 2.24) is 5.32 Å². The van der Waals surface area contributed by atoms with Crippen LogP contribution in [0.15, 0.2) is 0 Å². The molecule has 94 valence electrons. The lowest BCUT2D eigenvalue weighted by molar-refractivity contribution is -0.140. The maximum Gasteiger partial charge on any atom is 0.317 e. The highest BCUT2D eigenvalue weighted by Gasteiger charge is 2.42. The van der Waals surface area contributed by atoms with Gasteiger partial charge in [-0.3, -0.25) is 4.79 Å². The quantitative estimate of drug-likeness (QED) is 0.309. The van der Waals surface area contributed by atoms with E-state index in [1.807, 2.05) is 0 Å². The van der Waals surface area contributed by atoms with E-state index < -0.39 is 36.2 Å². The molecule has 0 spiro atoms. The molecule has 0 saturated heterocycles. The molecule has 0 heterocycles. The number of carboxylic acid groups (broad SMARTS) is 1. The van der Waals surface area contributed by atoms with Gasteiger partial charge in [0.05, 0.1) is 18.8 Å². The molecule has 0 radical (unpaired) electrons. The van der Waals surface area contributed by atoms with Gasteiger partial charge >= 0.3 is 5.97 Å². The molecule has 0 aliphatic heterocycles. The van der Waals surface area contributed by atoms with Crippen LogP contribution >= 0.6 is 0 Å². The van der Waals surface area contributed by atoms with E-state index in [2.05, 4.69) is 5.32 Å². The molecule has 7 nitrogen and oxygen atoms in total. The molecule has 0 aromatic carbocycles. The number of carbonyl (C=O) groups is 1. The second kappa shape index (κ2) is 5.55. The third kappa shape index (κ3) is 2.89. The van der Waals surface area contributed by atoms with Crippen molar-refractivity contribution in [1.29, 1.82) is 0 Å². The standard InChI is InChI=1S/C9H17NO6/c11-3-4-1-5(10-2-6(12)13)8(15)9(16)7(4)14/h4-5,7-11,14-16H,1-3H2,(H,12,13)/t4-,5-,7+,8+,9+/m1/s1. The molecule has 1 fully saturated rings. The summed E-state index contributed by atoms with van der Waals surface area (Å²) in [5, 5.41) is 48.5. The molecule has 7 heteroatoms. The van der Waals surface area contributed by atoms with Gasteiger partial charge in [-0.05, 0) is 6.42 Å². The van der Waals surface area contributed by atoms with Gasteiger partial charge in [-0.1, -0.05) is 0 Å². The van der Waals surface area contributed by atoms with Crippen molar-refractivity contribution < 1.29 is 30.3 Å². The number of aliphatic carboxylic acids is 1. The van der Waals surface area contributed by atoms with Gasteiger partial charge in [0.25, 0.3) is 0 Å². The zero-order valence-electron chi connectivity index (χ0n) is 8.65. The maximum atomic E-state index is 10.3. The molecular weight excluding hydrogens is 218 g/mol. The SMILES string of the molecule is O=C(O)CN[C@@H]1C[C@H](CO)[C@H](O)[C@H](O)[C@H]1O. The van der Waals surface area contributed by atoms with E-state index in [1.165, 1.54) is 0 Å². The highest BCUT2D eigenvalue weighted by atomic mass is 16.4. The highest BCUT2D eigenvalue weighted by Crippen LogP contribution is 2.25. The van der Waals surface area contributed by atoms with E-state index in [0.29, 0.717) is 0 Å². The fraction of sp³-hybridized carbons (Fsp3) is 0.889. The van der Waals surface area contributed by atoms with Crippen LogP contribution in [0.1, 0.15) is 6.42 Å². The summed E-state index contributed by atoms with van der Waals surface area (Å²) in [6.45, 7) is -0.668. The Balaban J connectivity index is 2.60. The van der Waals surface area contributed by atoms with E-state index in [1.54, 1.807) is 0 Å². The van der Waals surface area contributed by atoms with Crippen molar-refractivity contribution in [2.45, 2.75) is 30.8 Å². The maximum absolute atomic E-state index is 10.3. The predicted molar refractivity (Wildman–Crippen MR) is 52.6 cm³/mol. The monoisotopic (exact) mass is 235 g/mol. The molecule has 0 unspecified atom stereocenters. The van der Waals surface area contributed by atoms with Crippen LogP contribution < -0.4 is 5.32 Å². The Kier molecular flexibility index (Phi) is 4.63. The van der Waals surface area contributed by atoms with Crippen LogP contribution in [0.2, 0.25) is 0 Å². The van der Waals surface area contributed by atoms with E-state index >= 15 is 0 Å². The number of carboxylic acids is 1. The summed E-state index contributed by atoms with van der Waals surface area (Å²) in [6.07, 6.45) is -3.60. The molecule has 0 amide bonds. The third-order valence-electron chi connectivity index (χ3n) is 2.90. The summed E-state index contributed by atoms with van der Waals surface area (Å²) in [7, 11) is 0. The van der Waals surface area contributed by atoms with E-state index in [-0.39, 0.29) is 19.6 Å². The Morgan fingerprint density at radius 3 is 2.31 bits per heavy atom. The number of hydrogen-bond donors (Lipinski definition) is 6. The first-order valence-corrected chi connectivity index (χ1v) is 5.07. The lowest BCUT2D eigenvalue weighted by atomic mass is 9.80. The average Bonchev–Trinajstić information content (AvgIpc) is 2.25. The molecule has 1 rings (SSSR count). The molecule has 6 N–H and O–H groups in total. The first-order valence-electron chi connectivity index (χ1n) is 5.07. The van der Waals surface area contributed by atoms with Crippen LogP contribution in [-0.4, -0.2) is 69.0 Å². The van der Waals surface area contributed by atoms with Gasteiger partial charge in [0.15, 0.2) is 0 Å². The Bertz CT molecular complexity index is 246. The Labute approximate surface area is 92.3 Å². The highest BCUT2D eigenvalue weighted by molar-refractivity contribution is 5.69. The molecule has 0 aromatic heterocycles. The summed E-state index contributed by atoms with van der Waals surface area (Å²) in [5.41, 5.74) is 0. The van der Waals surface area contributed by atoms with Gasteiger partial charge in [-0.25, -0.2) is 0 Å². The van der Waals surface area contributed by atoms with Crippen LogP contribution in [0.25, 0.3) is 0 Å². The van der Waals surface area contributed by atoms with Crippen LogP contribution in [0.3, 0.4) is 0 Å². The molecule has 0 bridgehead atoms. The van der Waals surface area contributed by atoms with Crippen molar-refractivity contribution in [3.05, 3.63) is 0 Å². The van der Waals surface area contributed by atoms with Crippen LogP contribution in [0, 0.1) is 5.92 Å². The van der Waals surface area contributed by atoms with E-state index in [4.69, 9.17) is 10.2 Å². The minimum Gasteiger partial charge on any atom is -0.480 e. The van der Waals surface area contributed by atoms with Gasteiger partial charge in [0.2, 0.25) is 0 Å². The Morgan fingerprint density at radius 1 is 1.19 bits per heavy atom. The fourth-order valence-electron chi connectivity index (χ4n) is 1.93.